The summed E-state index contributed by atoms with van der Waals surface area (Å²) in [7, 11) is 0. The fourth-order valence-electron chi connectivity index (χ4n) is 3.56. The molecule has 2 fully saturated rings. The van der Waals surface area contributed by atoms with E-state index in [9.17, 15) is 22.8 Å². The fraction of sp³-hybridized carbons (Fsp3) is 0.409. The van der Waals surface area contributed by atoms with E-state index < -0.39 is 22.7 Å². The Morgan fingerprint density at radius 2 is 1.82 bits per heavy atom. The van der Waals surface area contributed by atoms with E-state index in [2.05, 4.69) is 20.5 Å². The average molecular weight is 482 g/mol. The zero-order chi connectivity index (χ0) is 23.6. The van der Waals surface area contributed by atoms with Crippen LogP contribution in [0.15, 0.2) is 36.5 Å². The van der Waals surface area contributed by atoms with E-state index in [4.69, 9.17) is 11.6 Å². The van der Waals surface area contributed by atoms with Crippen molar-refractivity contribution in [1.29, 1.82) is 0 Å². The van der Waals surface area contributed by atoms with Crippen molar-refractivity contribution < 1.29 is 22.8 Å². The molecule has 1 saturated heterocycles. The molecule has 0 radical (unpaired) electrons. The van der Waals surface area contributed by atoms with Gasteiger partial charge in [-0.3, -0.25) is 14.5 Å². The Balaban J connectivity index is 1.26. The van der Waals surface area contributed by atoms with Crippen LogP contribution in [0, 0.1) is 0 Å². The molecule has 0 bridgehead atoms. The van der Waals surface area contributed by atoms with Crippen molar-refractivity contribution in [2.75, 3.05) is 42.9 Å². The second kappa shape index (κ2) is 9.56. The highest BCUT2D eigenvalue weighted by Gasteiger charge is 2.33. The van der Waals surface area contributed by atoms with Crippen molar-refractivity contribution >= 4 is 34.9 Å². The highest BCUT2D eigenvalue weighted by atomic mass is 35.5. The number of hydrogen-bond acceptors (Lipinski definition) is 5. The molecule has 0 atom stereocenters. The van der Waals surface area contributed by atoms with Gasteiger partial charge in [0, 0.05) is 44.1 Å². The quantitative estimate of drug-likeness (QED) is 0.661. The molecule has 1 saturated carbocycles. The Hall–Kier alpha value is -2.85. The fourth-order valence-corrected chi connectivity index (χ4v) is 3.79. The maximum atomic E-state index is 13.0. The van der Waals surface area contributed by atoms with E-state index in [-0.39, 0.29) is 24.2 Å². The zero-order valence-electron chi connectivity index (χ0n) is 17.7. The number of pyridine rings is 1. The van der Waals surface area contributed by atoms with Gasteiger partial charge in [-0.15, -0.1) is 0 Å². The number of rotatable bonds is 6. The molecule has 1 aliphatic heterocycles. The number of nitrogens with zero attached hydrogens (tertiary/aromatic N) is 3. The molecule has 1 aromatic heterocycles. The number of alkyl halides is 3. The highest BCUT2D eigenvalue weighted by molar-refractivity contribution is 6.31. The second-order valence-corrected chi connectivity index (χ2v) is 8.56. The van der Waals surface area contributed by atoms with Crippen LogP contribution >= 0.6 is 11.6 Å². The van der Waals surface area contributed by atoms with E-state index in [1.165, 1.54) is 6.07 Å². The first-order valence-electron chi connectivity index (χ1n) is 10.6. The summed E-state index contributed by atoms with van der Waals surface area (Å²) in [5.41, 5.74) is -0.415. The normalized spacial score (nSPS) is 17.0. The number of carbonyl (C=O) groups is 2. The minimum absolute atomic E-state index is 0.0466. The maximum Gasteiger partial charge on any atom is 0.417 e. The predicted octanol–water partition coefficient (Wildman–Crippen LogP) is 3.41. The molecule has 2 heterocycles. The van der Waals surface area contributed by atoms with E-state index in [1.54, 1.807) is 12.3 Å². The van der Waals surface area contributed by atoms with Gasteiger partial charge in [0.2, 0.25) is 5.91 Å². The number of piperazine rings is 1. The molecule has 11 heteroatoms. The Labute approximate surface area is 193 Å². The van der Waals surface area contributed by atoms with Gasteiger partial charge in [0.15, 0.2) is 0 Å². The molecule has 33 heavy (non-hydrogen) atoms. The van der Waals surface area contributed by atoms with Gasteiger partial charge in [0.1, 0.15) is 5.82 Å². The van der Waals surface area contributed by atoms with Crippen LogP contribution in [0.25, 0.3) is 0 Å². The number of carbonyl (C=O) groups excluding carboxylic acids is 2. The van der Waals surface area contributed by atoms with Crippen molar-refractivity contribution in [3.05, 3.63) is 52.7 Å². The summed E-state index contributed by atoms with van der Waals surface area (Å²) in [6.07, 6.45) is -0.989. The minimum Gasteiger partial charge on any atom is -0.354 e. The van der Waals surface area contributed by atoms with Crippen molar-refractivity contribution in [2.24, 2.45) is 0 Å². The van der Waals surface area contributed by atoms with Gasteiger partial charge in [0.05, 0.1) is 22.7 Å². The van der Waals surface area contributed by atoms with Crippen LogP contribution in [0.2, 0.25) is 5.02 Å². The maximum absolute atomic E-state index is 13.0. The number of halogens is 4. The molecular weight excluding hydrogens is 459 g/mol. The SMILES string of the molecule is O=C(CN1CCN(c2ccc(C(=O)NC3CC3)cn2)CC1)Nc1ccc(Cl)c(C(F)(F)F)c1. The van der Waals surface area contributed by atoms with E-state index >= 15 is 0 Å². The first-order valence-corrected chi connectivity index (χ1v) is 11.0. The molecule has 0 unspecified atom stereocenters. The number of aromatic nitrogens is 1. The van der Waals surface area contributed by atoms with Crippen LogP contribution in [0.5, 0.6) is 0 Å². The second-order valence-electron chi connectivity index (χ2n) is 8.16. The van der Waals surface area contributed by atoms with Crippen molar-refractivity contribution in [3.63, 3.8) is 0 Å². The van der Waals surface area contributed by atoms with Crippen LogP contribution in [0.4, 0.5) is 24.7 Å². The molecule has 0 spiro atoms. The number of hydrogen-bond donors (Lipinski definition) is 2. The standard InChI is InChI=1S/C22H23ClF3N5O2/c23-18-5-4-16(11-17(18)22(24,25)26)28-20(32)13-30-7-9-31(10-8-30)19-6-1-14(12-27-19)21(33)29-15-2-3-15/h1,4-6,11-12,15H,2-3,7-10,13H2,(H,28,32)(H,29,33). The molecule has 1 aliphatic carbocycles. The van der Waals surface area contributed by atoms with Crippen LogP contribution in [0.1, 0.15) is 28.8 Å². The Bertz CT molecular complexity index is 1020. The van der Waals surface area contributed by atoms with Crippen LogP contribution in [0.3, 0.4) is 0 Å². The summed E-state index contributed by atoms with van der Waals surface area (Å²) in [6, 6.07) is 7.14. The van der Waals surface area contributed by atoms with Gasteiger partial charge in [-0.05, 0) is 43.2 Å². The van der Waals surface area contributed by atoms with E-state index in [0.29, 0.717) is 31.7 Å². The third-order valence-electron chi connectivity index (χ3n) is 5.54. The molecule has 1 aromatic carbocycles. The van der Waals surface area contributed by atoms with Gasteiger partial charge in [0.25, 0.3) is 5.91 Å². The van der Waals surface area contributed by atoms with E-state index in [1.807, 2.05) is 11.0 Å². The topological polar surface area (TPSA) is 77.6 Å². The summed E-state index contributed by atoms with van der Waals surface area (Å²) in [5, 5.41) is 5.01. The first-order chi connectivity index (χ1) is 15.7. The lowest BCUT2D eigenvalue weighted by atomic mass is 10.2. The number of nitrogens with one attached hydrogen (secondary N) is 2. The summed E-state index contributed by atoms with van der Waals surface area (Å²) in [6.45, 7) is 2.51. The van der Waals surface area contributed by atoms with Crippen molar-refractivity contribution in [3.8, 4) is 0 Å². The monoisotopic (exact) mass is 481 g/mol. The molecule has 2 aromatic rings. The predicted molar refractivity (Wildman–Crippen MR) is 118 cm³/mol. The Kier molecular flexibility index (Phi) is 6.76. The zero-order valence-corrected chi connectivity index (χ0v) is 18.4. The molecule has 7 nitrogen and oxygen atoms in total. The van der Waals surface area contributed by atoms with Crippen molar-refractivity contribution in [1.82, 2.24) is 15.2 Å². The number of anilines is 2. The molecule has 2 aliphatic rings. The average Bonchev–Trinajstić information content (AvgIpc) is 3.59. The lowest BCUT2D eigenvalue weighted by molar-refractivity contribution is -0.137. The lowest BCUT2D eigenvalue weighted by Gasteiger charge is -2.35. The highest BCUT2D eigenvalue weighted by Crippen LogP contribution is 2.36. The molecule has 2 amide bonds. The number of amides is 2. The summed E-state index contributed by atoms with van der Waals surface area (Å²) in [4.78, 5) is 32.8. The summed E-state index contributed by atoms with van der Waals surface area (Å²) in [5.74, 6) is 0.237. The van der Waals surface area contributed by atoms with Crippen LogP contribution < -0.4 is 15.5 Å². The lowest BCUT2D eigenvalue weighted by Crippen LogP contribution is -2.49. The molecule has 176 valence electrons. The summed E-state index contributed by atoms with van der Waals surface area (Å²) >= 11 is 5.61. The smallest absolute Gasteiger partial charge is 0.354 e. The molecule has 2 N–H and O–H groups in total. The minimum atomic E-state index is -4.60. The Morgan fingerprint density at radius 3 is 2.42 bits per heavy atom. The largest absolute Gasteiger partial charge is 0.417 e. The first kappa shape index (κ1) is 23.3. The van der Waals surface area contributed by atoms with Gasteiger partial charge in [-0.1, -0.05) is 11.6 Å². The molecular formula is C22H23ClF3N5O2. The van der Waals surface area contributed by atoms with E-state index in [0.717, 1.165) is 30.8 Å². The van der Waals surface area contributed by atoms with Gasteiger partial charge >= 0.3 is 6.18 Å². The summed E-state index contributed by atoms with van der Waals surface area (Å²) < 4.78 is 39.0. The van der Waals surface area contributed by atoms with Gasteiger partial charge in [-0.25, -0.2) is 4.98 Å². The Morgan fingerprint density at radius 1 is 1.09 bits per heavy atom. The third kappa shape index (κ3) is 6.14. The molecule has 4 rings (SSSR count). The van der Waals surface area contributed by atoms with Crippen molar-refractivity contribution in [2.45, 2.75) is 25.1 Å². The third-order valence-corrected chi connectivity index (χ3v) is 5.87. The number of benzene rings is 1. The van der Waals surface area contributed by atoms with Crippen LogP contribution in [-0.2, 0) is 11.0 Å². The van der Waals surface area contributed by atoms with Gasteiger partial charge in [-0.2, -0.15) is 13.2 Å². The van der Waals surface area contributed by atoms with Crippen LogP contribution in [-0.4, -0.2) is 60.5 Å². The van der Waals surface area contributed by atoms with Gasteiger partial charge < -0.3 is 15.5 Å².